The van der Waals surface area contributed by atoms with Gasteiger partial charge in [-0.2, -0.15) is 13.2 Å². The third-order valence-electron chi connectivity index (χ3n) is 3.34. The van der Waals surface area contributed by atoms with Crippen molar-refractivity contribution in [2.45, 2.75) is 38.4 Å². The Morgan fingerprint density at radius 2 is 2.19 bits per heavy atom. The second-order valence-corrected chi connectivity index (χ2v) is 5.31. The fourth-order valence-electron chi connectivity index (χ4n) is 2.44. The van der Waals surface area contributed by atoms with Crippen LogP contribution in [0.25, 0.3) is 0 Å². The first kappa shape index (κ1) is 16.0. The van der Waals surface area contributed by atoms with Gasteiger partial charge in [0.25, 0.3) is 0 Å². The zero-order valence-corrected chi connectivity index (χ0v) is 12.2. The van der Waals surface area contributed by atoms with Crippen LogP contribution in [0.15, 0.2) is 6.07 Å². The molecule has 1 aliphatic rings. The van der Waals surface area contributed by atoms with E-state index in [1.165, 1.54) is 11.8 Å². The molecule has 0 radical (unpaired) electrons. The van der Waals surface area contributed by atoms with Gasteiger partial charge in [0, 0.05) is 24.5 Å². The molecule has 116 valence electrons. The Bertz CT molecular complexity index is 536. The lowest BCUT2D eigenvalue weighted by molar-refractivity contribution is -0.141. The van der Waals surface area contributed by atoms with Crippen molar-refractivity contribution in [2.75, 3.05) is 12.4 Å². The lowest BCUT2D eigenvalue weighted by atomic mass is 10.2. The molecule has 0 saturated carbocycles. The summed E-state index contributed by atoms with van der Waals surface area (Å²) in [6.45, 7) is 1.99. The van der Waals surface area contributed by atoms with Crippen molar-refractivity contribution in [1.29, 1.82) is 0 Å². The largest absolute Gasteiger partial charge is 0.433 e. The lowest BCUT2D eigenvalue weighted by Crippen LogP contribution is -2.32. The second kappa shape index (κ2) is 6.17. The standard InChI is InChI=1S/C13H15ClF3N3O/c1-8-7-10(13(15,16)17)19-12(18-8)9-3-2-6-20(9)11(21)4-5-14/h7,9H,2-6H2,1H3. The Morgan fingerprint density at radius 3 is 2.81 bits per heavy atom. The third kappa shape index (κ3) is 3.64. The number of likely N-dealkylation sites (tertiary alicyclic amines) is 1. The first-order valence-corrected chi connectivity index (χ1v) is 7.14. The van der Waals surface area contributed by atoms with Crippen molar-refractivity contribution >= 4 is 17.5 Å². The Balaban J connectivity index is 2.32. The molecule has 1 aromatic rings. The molecule has 2 heterocycles. The van der Waals surface area contributed by atoms with Gasteiger partial charge in [0.1, 0.15) is 5.69 Å². The summed E-state index contributed by atoms with van der Waals surface area (Å²) in [5.74, 6) is 0.0683. The number of alkyl halides is 4. The van der Waals surface area contributed by atoms with Crippen molar-refractivity contribution < 1.29 is 18.0 Å². The number of hydrogen-bond acceptors (Lipinski definition) is 3. The van der Waals surface area contributed by atoms with E-state index in [1.807, 2.05) is 0 Å². The molecule has 1 aromatic heterocycles. The number of carbonyl (C=O) groups excluding carboxylic acids is 1. The molecular weight excluding hydrogens is 307 g/mol. The maximum Gasteiger partial charge on any atom is 0.433 e. The molecule has 0 bridgehead atoms. The molecule has 8 heteroatoms. The minimum Gasteiger partial charge on any atom is -0.332 e. The van der Waals surface area contributed by atoms with Gasteiger partial charge in [-0.1, -0.05) is 0 Å². The molecule has 0 N–H and O–H groups in total. The zero-order chi connectivity index (χ0) is 15.6. The first-order valence-electron chi connectivity index (χ1n) is 6.61. The van der Waals surface area contributed by atoms with Crippen LogP contribution in [-0.4, -0.2) is 33.2 Å². The molecule has 1 saturated heterocycles. The van der Waals surface area contributed by atoms with Crippen LogP contribution in [0.1, 0.15) is 42.5 Å². The van der Waals surface area contributed by atoms with E-state index in [-0.39, 0.29) is 29.7 Å². The molecule has 1 amide bonds. The van der Waals surface area contributed by atoms with Crippen LogP contribution in [0.5, 0.6) is 0 Å². The first-order chi connectivity index (χ1) is 9.82. The predicted molar refractivity (Wildman–Crippen MR) is 70.8 cm³/mol. The van der Waals surface area contributed by atoms with Crippen LogP contribution in [0, 0.1) is 6.92 Å². The number of amides is 1. The summed E-state index contributed by atoms with van der Waals surface area (Å²) in [6.07, 6.45) is -3.08. The van der Waals surface area contributed by atoms with Crippen LogP contribution >= 0.6 is 11.6 Å². The van der Waals surface area contributed by atoms with E-state index in [9.17, 15) is 18.0 Å². The molecule has 0 aromatic carbocycles. The Hall–Kier alpha value is -1.37. The average Bonchev–Trinajstić information content (AvgIpc) is 2.86. The number of aromatic nitrogens is 2. The van der Waals surface area contributed by atoms with E-state index in [1.54, 1.807) is 0 Å². The van der Waals surface area contributed by atoms with Gasteiger partial charge < -0.3 is 4.90 Å². The fraction of sp³-hybridized carbons (Fsp3) is 0.615. The van der Waals surface area contributed by atoms with Crippen LogP contribution in [0.4, 0.5) is 13.2 Å². The molecule has 2 rings (SSSR count). The van der Waals surface area contributed by atoms with E-state index in [0.717, 1.165) is 12.5 Å². The zero-order valence-electron chi connectivity index (χ0n) is 11.5. The number of halogens is 4. The summed E-state index contributed by atoms with van der Waals surface area (Å²) in [5.41, 5.74) is -0.731. The predicted octanol–water partition coefficient (Wildman–Crippen LogP) is 3.10. The maximum absolute atomic E-state index is 12.8. The molecule has 1 fully saturated rings. The van der Waals surface area contributed by atoms with Crippen molar-refractivity contribution in [2.24, 2.45) is 0 Å². The van der Waals surface area contributed by atoms with E-state index in [2.05, 4.69) is 9.97 Å². The molecule has 0 spiro atoms. The summed E-state index contributed by atoms with van der Waals surface area (Å²) in [5, 5.41) is 0. The van der Waals surface area contributed by atoms with Gasteiger partial charge in [0.15, 0.2) is 5.82 Å². The molecule has 1 atom stereocenters. The fourth-order valence-corrected chi connectivity index (χ4v) is 2.61. The topological polar surface area (TPSA) is 46.1 Å². The lowest BCUT2D eigenvalue weighted by Gasteiger charge is -2.24. The van der Waals surface area contributed by atoms with E-state index in [4.69, 9.17) is 11.6 Å². The van der Waals surface area contributed by atoms with E-state index >= 15 is 0 Å². The number of aryl methyl sites for hydroxylation is 1. The summed E-state index contributed by atoms with van der Waals surface area (Å²) < 4.78 is 38.5. The summed E-state index contributed by atoms with van der Waals surface area (Å²) in [4.78, 5) is 21.2. The minimum atomic E-state index is -4.52. The number of hydrogen-bond donors (Lipinski definition) is 0. The summed E-state index contributed by atoms with van der Waals surface area (Å²) in [6, 6.07) is 0.408. The van der Waals surface area contributed by atoms with Gasteiger partial charge >= 0.3 is 6.18 Å². The number of nitrogens with zero attached hydrogens (tertiary/aromatic N) is 3. The molecular formula is C13H15ClF3N3O. The second-order valence-electron chi connectivity index (χ2n) is 4.93. The number of carbonyl (C=O) groups is 1. The minimum absolute atomic E-state index is 0.0581. The molecule has 1 unspecified atom stereocenters. The van der Waals surface area contributed by atoms with Crippen molar-refractivity contribution in [3.63, 3.8) is 0 Å². The van der Waals surface area contributed by atoms with Gasteiger partial charge in [0.05, 0.1) is 6.04 Å². The van der Waals surface area contributed by atoms with Crippen molar-refractivity contribution in [3.8, 4) is 0 Å². The summed E-state index contributed by atoms with van der Waals surface area (Å²) >= 11 is 5.55. The Kier molecular flexibility index (Phi) is 4.70. The highest BCUT2D eigenvalue weighted by atomic mass is 35.5. The molecule has 4 nitrogen and oxygen atoms in total. The van der Waals surface area contributed by atoms with Crippen molar-refractivity contribution in [1.82, 2.24) is 14.9 Å². The highest BCUT2D eigenvalue weighted by Gasteiger charge is 2.36. The summed E-state index contributed by atoms with van der Waals surface area (Å²) in [7, 11) is 0. The van der Waals surface area contributed by atoms with Gasteiger partial charge in [-0.25, -0.2) is 9.97 Å². The van der Waals surface area contributed by atoms with Gasteiger partial charge in [-0.3, -0.25) is 4.79 Å². The van der Waals surface area contributed by atoms with Crippen LogP contribution in [0.2, 0.25) is 0 Å². The Labute approximate surface area is 125 Å². The monoisotopic (exact) mass is 321 g/mol. The number of rotatable bonds is 3. The van der Waals surface area contributed by atoms with Crippen LogP contribution in [0.3, 0.4) is 0 Å². The van der Waals surface area contributed by atoms with E-state index in [0.29, 0.717) is 13.0 Å². The van der Waals surface area contributed by atoms with Crippen LogP contribution in [-0.2, 0) is 11.0 Å². The van der Waals surface area contributed by atoms with E-state index < -0.39 is 17.9 Å². The molecule has 1 aliphatic heterocycles. The van der Waals surface area contributed by atoms with Gasteiger partial charge in [0.2, 0.25) is 5.91 Å². The van der Waals surface area contributed by atoms with Crippen molar-refractivity contribution in [3.05, 3.63) is 23.3 Å². The van der Waals surface area contributed by atoms with Crippen LogP contribution < -0.4 is 0 Å². The van der Waals surface area contributed by atoms with Gasteiger partial charge in [-0.05, 0) is 25.8 Å². The maximum atomic E-state index is 12.8. The normalized spacial score (nSPS) is 19.1. The third-order valence-corrected chi connectivity index (χ3v) is 3.53. The molecule has 0 aliphatic carbocycles. The highest BCUT2D eigenvalue weighted by molar-refractivity contribution is 6.18. The Morgan fingerprint density at radius 1 is 1.48 bits per heavy atom. The highest BCUT2D eigenvalue weighted by Crippen LogP contribution is 2.33. The average molecular weight is 322 g/mol. The van der Waals surface area contributed by atoms with Gasteiger partial charge in [-0.15, -0.1) is 11.6 Å². The quantitative estimate of drug-likeness (QED) is 0.804. The SMILES string of the molecule is Cc1cc(C(F)(F)F)nc(C2CCCN2C(=O)CCCl)n1. The molecule has 21 heavy (non-hydrogen) atoms. The smallest absolute Gasteiger partial charge is 0.332 e.